The van der Waals surface area contributed by atoms with Gasteiger partial charge in [-0.25, -0.2) is 9.67 Å². The summed E-state index contributed by atoms with van der Waals surface area (Å²) in [7, 11) is 0. The SMILES string of the molecule is O=C(CSc1nc(C2CC2)nn1-c1ccccc1)NC[C@H]1CCCO1. The molecule has 25 heavy (non-hydrogen) atoms. The quantitative estimate of drug-likeness (QED) is 0.770. The minimum Gasteiger partial charge on any atom is -0.376 e. The van der Waals surface area contributed by atoms with Crippen LogP contribution in [-0.4, -0.2) is 45.7 Å². The van der Waals surface area contributed by atoms with Gasteiger partial charge in [-0.2, -0.15) is 0 Å². The Morgan fingerprint density at radius 2 is 2.12 bits per heavy atom. The van der Waals surface area contributed by atoms with Crippen LogP contribution in [0.5, 0.6) is 0 Å². The second kappa shape index (κ2) is 7.58. The number of carbonyl (C=O) groups excluding carboxylic acids is 1. The van der Waals surface area contributed by atoms with Gasteiger partial charge in [-0.1, -0.05) is 30.0 Å². The lowest BCUT2D eigenvalue weighted by atomic mass is 10.2. The van der Waals surface area contributed by atoms with Crippen LogP contribution in [0.4, 0.5) is 0 Å². The van der Waals surface area contributed by atoms with Crippen molar-refractivity contribution in [3.8, 4) is 5.69 Å². The first-order valence-corrected chi connectivity index (χ1v) is 9.81. The van der Waals surface area contributed by atoms with Gasteiger partial charge in [-0.05, 0) is 37.8 Å². The number of hydrogen-bond acceptors (Lipinski definition) is 5. The highest BCUT2D eigenvalue weighted by atomic mass is 32.2. The maximum absolute atomic E-state index is 12.1. The first kappa shape index (κ1) is 16.6. The van der Waals surface area contributed by atoms with E-state index in [2.05, 4.69) is 15.4 Å². The number of ether oxygens (including phenoxy) is 1. The highest BCUT2D eigenvalue weighted by Crippen LogP contribution is 2.39. The van der Waals surface area contributed by atoms with Crippen molar-refractivity contribution in [2.75, 3.05) is 18.9 Å². The Morgan fingerprint density at radius 1 is 1.28 bits per heavy atom. The molecule has 1 saturated carbocycles. The van der Waals surface area contributed by atoms with E-state index >= 15 is 0 Å². The van der Waals surface area contributed by atoms with Crippen LogP contribution in [0, 0.1) is 0 Å². The Labute approximate surface area is 151 Å². The molecule has 2 fully saturated rings. The lowest BCUT2D eigenvalue weighted by Gasteiger charge is -2.10. The average molecular weight is 358 g/mol. The van der Waals surface area contributed by atoms with Gasteiger partial charge in [0.15, 0.2) is 11.0 Å². The van der Waals surface area contributed by atoms with Crippen molar-refractivity contribution in [2.45, 2.75) is 42.9 Å². The van der Waals surface area contributed by atoms with Crippen molar-refractivity contribution in [1.82, 2.24) is 20.1 Å². The summed E-state index contributed by atoms with van der Waals surface area (Å²) >= 11 is 1.43. The predicted molar refractivity (Wildman–Crippen MR) is 96.0 cm³/mol. The van der Waals surface area contributed by atoms with Gasteiger partial charge in [-0.3, -0.25) is 4.79 Å². The number of benzene rings is 1. The summed E-state index contributed by atoms with van der Waals surface area (Å²) in [5.41, 5.74) is 0.976. The van der Waals surface area contributed by atoms with Gasteiger partial charge in [0.1, 0.15) is 0 Å². The predicted octanol–water partition coefficient (Wildman–Crippen LogP) is 2.53. The first-order valence-electron chi connectivity index (χ1n) is 8.83. The standard InChI is InChI=1S/C18H22N4O2S/c23-16(19-11-15-7-4-10-24-15)12-25-18-20-17(13-8-9-13)21-22(18)14-5-2-1-3-6-14/h1-3,5-6,13,15H,4,7-12H2,(H,19,23)/t15-/m1/s1. The fraction of sp³-hybridized carbons (Fsp3) is 0.500. The van der Waals surface area contributed by atoms with Gasteiger partial charge in [0.05, 0.1) is 17.5 Å². The smallest absolute Gasteiger partial charge is 0.230 e. The molecule has 0 unspecified atom stereocenters. The van der Waals surface area contributed by atoms with Gasteiger partial charge >= 0.3 is 0 Å². The number of thioether (sulfide) groups is 1. The molecule has 1 N–H and O–H groups in total. The Bertz CT molecular complexity index is 724. The van der Waals surface area contributed by atoms with Crippen LogP contribution in [0.1, 0.15) is 37.4 Å². The van der Waals surface area contributed by atoms with E-state index in [0.717, 1.165) is 49.0 Å². The van der Waals surface area contributed by atoms with Crippen molar-refractivity contribution < 1.29 is 9.53 Å². The molecule has 2 aromatic rings. The van der Waals surface area contributed by atoms with E-state index in [-0.39, 0.29) is 12.0 Å². The van der Waals surface area contributed by atoms with Crippen LogP contribution in [0.2, 0.25) is 0 Å². The van der Waals surface area contributed by atoms with Crippen LogP contribution in [0.25, 0.3) is 5.69 Å². The highest BCUT2D eigenvalue weighted by molar-refractivity contribution is 7.99. The maximum Gasteiger partial charge on any atom is 0.230 e. The normalized spacial score (nSPS) is 19.9. The first-order chi connectivity index (χ1) is 12.3. The molecule has 4 rings (SSSR count). The van der Waals surface area contributed by atoms with Crippen molar-refractivity contribution in [2.24, 2.45) is 0 Å². The largest absolute Gasteiger partial charge is 0.376 e. The maximum atomic E-state index is 12.1. The van der Waals surface area contributed by atoms with Crippen LogP contribution in [-0.2, 0) is 9.53 Å². The number of nitrogens with zero attached hydrogens (tertiary/aromatic N) is 3. The molecule has 1 aromatic carbocycles. The number of para-hydroxylation sites is 1. The minimum atomic E-state index is 0.0103. The molecule has 6 nitrogen and oxygen atoms in total. The molecule has 2 heterocycles. The number of amides is 1. The highest BCUT2D eigenvalue weighted by Gasteiger charge is 2.29. The average Bonchev–Trinajstić information content (AvgIpc) is 3.20. The van der Waals surface area contributed by atoms with E-state index in [1.807, 2.05) is 35.0 Å². The van der Waals surface area contributed by atoms with Gasteiger partial charge < -0.3 is 10.1 Å². The molecule has 0 radical (unpaired) electrons. The van der Waals surface area contributed by atoms with E-state index in [1.54, 1.807) is 0 Å². The van der Waals surface area contributed by atoms with Crippen LogP contribution in [0.3, 0.4) is 0 Å². The van der Waals surface area contributed by atoms with E-state index in [9.17, 15) is 4.79 Å². The number of hydrogen-bond donors (Lipinski definition) is 1. The third-order valence-electron chi connectivity index (χ3n) is 4.42. The molecule has 0 bridgehead atoms. The minimum absolute atomic E-state index is 0.0103. The molecular formula is C18H22N4O2S. The molecule has 1 aliphatic carbocycles. The van der Waals surface area contributed by atoms with Crippen LogP contribution in [0.15, 0.2) is 35.5 Å². The number of carbonyl (C=O) groups is 1. The Hall–Kier alpha value is -1.86. The molecule has 2 aliphatic rings. The lowest BCUT2D eigenvalue weighted by molar-refractivity contribution is -0.119. The summed E-state index contributed by atoms with van der Waals surface area (Å²) in [6, 6.07) is 9.96. The lowest BCUT2D eigenvalue weighted by Crippen LogP contribution is -2.32. The van der Waals surface area contributed by atoms with Gasteiger partial charge in [0.25, 0.3) is 0 Å². The second-order valence-corrected chi connectivity index (χ2v) is 7.44. The van der Waals surface area contributed by atoms with E-state index in [4.69, 9.17) is 4.74 Å². The summed E-state index contributed by atoms with van der Waals surface area (Å²) in [6.45, 7) is 1.40. The molecule has 1 aromatic heterocycles. The van der Waals surface area contributed by atoms with Crippen molar-refractivity contribution in [1.29, 1.82) is 0 Å². The number of aromatic nitrogens is 3. The Morgan fingerprint density at radius 3 is 2.84 bits per heavy atom. The molecule has 7 heteroatoms. The van der Waals surface area contributed by atoms with Crippen LogP contribution < -0.4 is 5.32 Å². The van der Waals surface area contributed by atoms with Crippen molar-refractivity contribution in [3.05, 3.63) is 36.2 Å². The summed E-state index contributed by atoms with van der Waals surface area (Å²) in [6.07, 6.45) is 4.60. The zero-order valence-electron chi connectivity index (χ0n) is 14.1. The third kappa shape index (κ3) is 4.22. The summed E-state index contributed by atoms with van der Waals surface area (Å²) in [4.78, 5) is 16.8. The van der Waals surface area contributed by atoms with Gasteiger partial charge in [-0.15, -0.1) is 5.10 Å². The molecule has 0 spiro atoms. The Balaban J connectivity index is 1.39. The van der Waals surface area contributed by atoms with Crippen molar-refractivity contribution in [3.63, 3.8) is 0 Å². The third-order valence-corrected chi connectivity index (χ3v) is 5.35. The fourth-order valence-electron chi connectivity index (χ4n) is 2.87. The monoisotopic (exact) mass is 358 g/mol. The summed E-state index contributed by atoms with van der Waals surface area (Å²) < 4.78 is 7.38. The Kier molecular flexibility index (Phi) is 5.03. The van der Waals surface area contributed by atoms with Gasteiger partial charge in [0.2, 0.25) is 5.91 Å². The summed E-state index contributed by atoms with van der Waals surface area (Å²) in [5, 5.41) is 8.39. The summed E-state index contributed by atoms with van der Waals surface area (Å²) in [5.74, 6) is 1.72. The zero-order valence-corrected chi connectivity index (χ0v) is 14.9. The van der Waals surface area contributed by atoms with E-state index in [1.165, 1.54) is 11.8 Å². The molecular weight excluding hydrogens is 336 g/mol. The molecule has 132 valence electrons. The molecule has 1 amide bonds. The number of nitrogens with one attached hydrogen (secondary N) is 1. The van der Waals surface area contributed by atoms with Crippen LogP contribution >= 0.6 is 11.8 Å². The zero-order chi connectivity index (χ0) is 17.1. The molecule has 1 aliphatic heterocycles. The fourth-order valence-corrected chi connectivity index (χ4v) is 3.66. The number of rotatable bonds is 7. The van der Waals surface area contributed by atoms with E-state index < -0.39 is 0 Å². The second-order valence-electron chi connectivity index (χ2n) is 6.50. The molecule has 1 saturated heterocycles. The van der Waals surface area contributed by atoms with E-state index in [0.29, 0.717) is 18.2 Å². The van der Waals surface area contributed by atoms with Crippen molar-refractivity contribution >= 4 is 17.7 Å². The van der Waals surface area contributed by atoms with Gasteiger partial charge in [0, 0.05) is 19.1 Å². The molecule has 1 atom stereocenters. The topological polar surface area (TPSA) is 69.0 Å².